The lowest BCUT2D eigenvalue weighted by molar-refractivity contribution is 1.14. The second kappa shape index (κ2) is 11.5. The molecule has 0 amide bonds. The van der Waals surface area contributed by atoms with Crippen molar-refractivity contribution in [2.45, 2.75) is 0 Å². The second-order valence-corrected chi connectivity index (χ2v) is 13.1. The zero-order valence-electron chi connectivity index (χ0n) is 27.4. The molecule has 0 aliphatic heterocycles. The molecule has 2 heteroatoms. The van der Waals surface area contributed by atoms with Gasteiger partial charge in [0.25, 0.3) is 0 Å². The zero-order valence-corrected chi connectivity index (χ0v) is 27.4. The summed E-state index contributed by atoms with van der Waals surface area (Å²) < 4.78 is 4.82. The van der Waals surface area contributed by atoms with E-state index >= 15 is 0 Å². The van der Waals surface area contributed by atoms with Gasteiger partial charge in [0.2, 0.25) is 0 Å². The van der Waals surface area contributed by atoms with Gasteiger partial charge in [-0.2, -0.15) is 0 Å². The summed E-state index contributed by atoms with van der Waals surface area (Å²) in [7, 11) is 0. The molecular formula is C48H32N2. The summed E-state index contributed by atoms with van der Waals surface area (Å²) in [5, 5.41) is 7.39. The zero-order chi connectivity index (χ0) is 33.0. The van der Waals surface area contributed by atoms with Crippen LogP contribution in [-0.4, -0.2) is 9.13 Å². The second-order valence-electron chi connectivity index (χ2n) is 13.1. The molecular weight excluding hydrogens is 605 g/mol. The highest BCUT2D eigenvalue weighted by atomic mass is 15.0. The third-order valence-corrected chi connectivity index (χ3v) is 10.1. The van der Waals surface area contributed by atoms with Gasteiger partial charge in [0.15, 0.2) is 0 Å². The van der Waals surface area contributed by atoms with Crippen LogP contribution in [0.3, 0.4) is 0 Å². The Bertz CT molecular complexity index is 2860. The summed E-state index contributed by atoms with van der Waals surface area (Å²) in [6.45, 7) is 0. The number of hydrogen-bond donors (Lipinski definition) is 0. The SMILES string of the molecule is c1ccc(-c2cc3cc(-c4ccc5cc(-c6ccccc6)n(-c6ccc7ccccc7c6)c5c4)ccc3n2-c2ccc3ccccc3c2)cc1. The molecule has 10 rings (SSSR count). The van der Waals surface area contributed by atoms with E-state index in [0.29, 0.717) is 0 Å². The van der Waals surface area contributed by atoms with E-state index in [1.165, 1.54) is 77.0 Å². The van der Waals surface area contributed by atoms with Crippen LogP contribution >= 0.6 is 0 Å². The largest absolute Gasteiger partial charge is 0.309 e. The fraction of sp³-hybridized carbons (Fsp3) is 0. The number of fused-ring (bicyclic) bond motifs is 4. The van der Waals surface area contributed by atoms with E-state index in [1.54, 1.807) is 0 Å². The molecule has 0 saturated heterocycles. The molecule has 2 aromatic heterocycles. The molecule has 0 atom stereocenters. The smallest absolute Gasteiger partial charge is 0.0541 e. The van der Waals surface area contributed by atoms with Gasteiger partial charge in [-0.3, -0.25) is 0 Å². The number of hydrogen-bond acceptors (Lipinski definition) is 0. The quantitative estimate of drug-likeness (QED) is 0.178. The van der Waals surface area contributed by atoms with Crippen LogP contribution in [-0.2, 0) is 0 Å². The summed E-state index contributed by atoms with van der Waals surface area (Å²) in [6, 6.07) is 70.6. The van der Waals surface area contributed by atoms with Crippen LogP contribution in [0.25, 0.3) is 88.4 Å². The van der Waals surface area contributed by atoms with Crippen LogP contribution in [0.5, 0.6) is 0 Å². The first-order valence-corrected chi connectivity index (χ1v) is 17.2. The predicted molar refractivity (Wildman–Crippen MR) is 211 cm³/mol. The van der Waals surface area contributed by atoms with E-state index in [1.807, 2.05) is 0 Å². The molecule has 0 spiro atoms. The Morgan fingerprint density at radius 1 is 0.240 bits per heavy atom. The van der Waals surface area contributed by atoms with Crippen LogP contribution in [0.15, 0.2) is 194 Å². The van der Waals surface area contributed by atoms with Crippen molar-refractivity contribution < 1.29 is 0 Å². The van der Waals surface area contributed by atoms with Crippen LogP contribution < -0.4 is 0 Å². The maximum Gasteiger partial charge on any atom is 0.0541 e. The van der Waals surface area contributed by atoms with E-state index in [2.05, 4.69) is 203 Å². The van der Waals surface area contributed by atoms with Gasteiger partial charge < -0.3 is 9.13 Å². The Hall–Kier alpha value is -6.64. The van der Waals surface area contributed by atoms with E-state index < -0.39 is 0 Å². The Balaban J connectivity index is 1.16. The molecule has 0 aliphatic rings. The highest BCUT2D eigenvalue weighted by molar-refractivity contribution is 5.97. The average molecular weight is 637 g/mol. The van der Waals surface area contributed by atoms with Crippen molar-refractivity contribution in [1.29, 1.82) is 0 Å². The van der Waals surface area contributed by atoms with Gasteiger partial charge in [0.1, 0.15) is 0 Å². The molecule has 0 radical (unpaired) electrons. The minimum absolute atomic E-state index is 1.16. The Labute approximate surface area is 290 Å². The number of rotatable bonds is 5. The number of benzene rings is 8. The van der Waals surface area contributed by atoms with Gasteiger partial charge in [0.05, 0.1) is 22.4 Å². The van der Waals surface area contributed by atoms with Gasteiger partial charge in [-0.25, -0.2) is 0 Å². The Kier molecular flexibility index (Phi) is 6.53. The molecule has 2 nitrogen and oxygen atoms in total. The molecule has 0 bridgehead atoms. The predicted octanol–water partition coefficient (Wildman–Crippen LogP) is 12.9. The van der Waals surface area contributed by atoms with Crippen LogP contribution in [0.1, 0.15) is 0 Å². The first-order valence-electron chi connectivity index (χ1n) is 17.2. The van der Waals surface area contributed by atoms with Crippen LogP contribution in [0.4, 0.5) is 0 Å². The summed E-state index contributed by atoms with van der Waals surface area (Å²) in [5.74, 6) is 0. The Morgan fingerprint density at radius 3 is 1.30 bits per heavy atom. The van der Waals surface area contributed by atoms with Crippen LogP contribution in [0.2, 0.25) is 0 Å². The molecule has 8 aromatic carbocycles. The Morgan fingerprint density at radius 2 is 0.700 bits per heavy atom. The van der Waals surface area contributed by atoms with Gasteiger partial charge >= 0.3 is 0 Å². The third kappa shape index (κ3) is 4.73. The lowest BCUT2D eigenvalue weighted by Crippen LogP contribution is -1.97. The molecule has 234 valence electrons. The van der Waals surface area contributed by atoms with Crippen molar-refractivity contribution in [3.63, 3.8) is 0 Å². The number of aromatic nitrogens is 2. The van der Waals surface area contributed by atoms with Crippen molar-refractivity contribution in [3.05, 3.63) is 194 Å². The summed E-state index contributed by atoms with van der Waals surface area (Å²) in [5.41, 5.74) is 11.8. The minimum Gasteiger partial charge on any atom is -0.309 e. The van der Waals surface area contributed by atoms with Crippen molar-refractivity contribution in [2.75, 3.05) is 0 Å². The van der Waals surface area contributed by atoms with Crippen molar-refractivity contribution in [3.8, 4) is 45.0 Å². The van der Waals surface area contributed by atoms with Gasteiger partial charge in [-0.05, 0) is 98.4 Å². The fourth-order valence-corrected chi connectivity index (χ4v) is 7.61. The first kappa shape index (κ1) is 28.4. The van der Waals surface area contributed by atoms with E-state index in [0.717, 1.165) is 11.4 Å². The molecule has 0 saturated carbocycles. The molecule has 0 unspecified atom stereocenters. The lowest BCUT2D eigenvalue weighted by atomic mass is 10.0. The normalized spacial score (nSPS) is 11.6. The van der Waals surface area contributed by atoms with Gasteiger partial charge in [-0.1, -0.05) is 140 Å². The monoisotopic (exact) mass is 636 g/mol. The average Bonchev–Trinajstić information content (AvgIpc) is 3.77. The van der Waals surface area contributed by atoms with Gasteiger partial charge in [-0.15, -0.1) is 0 Å². The molecule has 2 heterocycles. The van der Waals surface area contributed by atoms with Crippen molar-refractivity contribution >= 4 is 43.4 Å². The summed E-state index contributed by atoms with van der Waals surface area (Å²) >= 11 is 0. The highest BCUT2D eigenvalue weighted by Gasteiger charge is 2.17. The summed E-state index contributed by atoms with van der Waals surface area (Å²) in [4.78, 5) is 0. The third-order valence-electron chi connectivity index (χ3n) is 10.1. The maximum atomic E-state index is 2.42. The minimum atomic E-state index is 1.16. The van der Waals surface area contributed by atoms with E-state index in [-0.39, 0.29) is 0 Å². The number of nitrogens with zero attached hydrogens (tertiary/aromatic N) is 2. The first-order chi connectivity index (χ1) is 24.8. The van der Waals surface area contributed by atoms with E-state index in [4.69, 9.17) is 0 Å². The maximum absolute atomic E-state index is 2.42. The van der Waals surface area contributed by atoms with Crippen molar-refractivity contribution in [2.24, 2.45) is 0 Å². The molecule has 0 aliphatic carbocycles. The van der Waals surface area contributed by atoms with Crippen molar-refractivity contribution in [1.82, 2.24) is 9.13 Å². The molecule has 10 aromatic rings. The lowest BCUT2D eigenvalue weighted by Gasteiger charge is -2.14. The topological polar surface area (TPSA) is 9.86 Å². The highest BCUT2D eigenvalue weighted by Crippen LogP contribution is 2.38. The van der Waals surface area contributed by atoms with E-state index in [9.17, 15) is 0 Å². The standard InChI is InChI=1S/C48H32N2/c1-3-13-35(14-4-1)46-31-41-20-19-40(30-48(41)50(46)44-25-22-34-12-8-10-18-38(34)29-44)39-23-26-45-42(27-39)32-47(36-15-5-2-6-16-36)49(45)43-24-21-33-11-7-9-17-37(33)28-43/h1-32H. The van der Waals surface area contributed by atoms with Crippen LogP contribution in [0, 0.1) is 0 Å². The molecule has 0 fully saturated rings. The van der Waals surface area contributed by atoms with Gasteiger partial charge in [0, 0.05) is 22.1 Å². The molecule has 50 heavy (non-hydrogen) atoms. The molecule has 0 N–H and O–H groups in total. The summed E-state index contributed by atoms with van der Waals surface area (Å²) in [6.07, 6.45) is 0. The fourth-order valence-electron chi connectivity index (χ4n) is 7.61.